The topological polar surface area (TPSA) is 136 Å². The number of nitrogens with zero attached hydrogens (tertiary/aromatic N) is 5. The molecule has 2 unspecified atom stereocenters. The fraction of sp³-hybridized carbons (Fsp3) is 0.515. The zero-order valence-electron chi connectivity index (χ0n) is 25.0. The highest BCUT2D eigenvalue weighted by atomic mass is 16.3. The summed E-state index contributed by atoms with van der Waals surface area (Å²) in [6, 6.07) is 7.90. The van der Waals surface area contributed by atoms with Crippen LogP contribution in [0.4, 0.5) is 17.5 Å². The molecule has 2 spiro atoms. The number of nitrogens with two attached hydrogens (primary N) is 2. The smallest absolute Gasteiger partial charge is 0.225 e. The summed E-state index contributed by atoms with van der Waals surface area (Å²) in [6.07, 6.45) is 12.0. The van der Waals surface area contributed by atoms with Crippen LogP contribution in [0.1, 0.15) is 61.0 Å². The molecule has 6 heterocycles. The van der Waals surface area contributed by atoms with Crippen LogP contribution in [0.5, 0.6) is 5.75 Å². The first kappa shape index (κ1) is 26.8. The van der Waals surface area contributed by atoms with Crippen molar-refractivity contribution in [3.8, 4) is 5.75 Å². The normalized spacial score (nSPS) is 27.1. The molecule has 3 saturated heterocycles. The van der Waals surface area contributed by atoms with Crippen LogP contribution in [0.25, 0.3) is 11.8 Å². The van der Waals surface area contributed by atoms with Crippen molar-refractivity contribution in [3.63, 3.8) is 0 Å². The number of para-hydroxylation sites is 1. The number of likely N-dealkylation sites (tertiary alicyclic amines) is 1. The van der Waals surface area contributed by atoms with Gasteiger partial charge in [-0.1, -0.05) is 12.1 Å². The number of hydrogen-bond donors (Lipinski definition) is 5. The van der Waals surface area contributed by atoms with Crippen molar-refractivity contribution < 1.29 is 5.11 Å². The van der Waals surface area contributed by atoms with Crippen LogP contribution in [-0.2, 0) is 6.42 Å². The van der Waals surface area contributed by atoms with Gasteiger partial charge in [-0.15, -0.1) is 0 Å². The Morgan fingerprint density at radius 1 is 1.05 bits per heavy atom. The Labute approximate surface area is 253 Å². The average Bonchev–Trinajstić information content (AvgIpc) is 3.66. The Bertz CT molecular complexity index is 1550. The highest BCUT2D eigenvalue weighted by Crippen LogP contribution is 2.50. The van der Waals surface area contributed by atoms with Crippen molar-refractivity contribution in [2.24, 2.45) is 16.6 Å². The molecule has 2 aromatic heterocycles. The van der Waals surface area contributed by atoms with Gasteiger partial charge in [-0.25, -0.2) is 9.97 Å². The van der Waals surface area contributed by atoms with E-state index in [2.05, 4.69) is 31.9 Å². The van der Waals surface area contributed by atoms with Gasteiger partial charge in [0.05, 0.1) is 24.1 Å². The number of anilines is 3. The van der Waals surface area contributed by atoms with Crippen LogP contribution in [0.2, 0.25) is 0 Å². The molecule has 0 amide bonds. The number of H-pyrrole nitrogens is 1. The van der Waals surface area contributed by atoms with Gasteiger partial charge in [-0.3, -0.25) is 4.90 Å². The number of fused-ring (bicyclic) bond motifs is 1. The van der Waals surface area contributed by atoms with E-state index >= 15 is 0 Å². The van der Waals surface area contributed by atoms with E-state index in [0.717, 1.165) is 60.6 Å². The quantitative estimate of drug-likeness (QED) is 0.307. The van der Waals surface area contributed by atoms with Crippen molar-refractivity contribution >= 4 is 29.2 Å². The number of phenolic OH excluding ortho intramolecular Hbond substituents is 1. The van der Waals surface area contributed by atoms with Gasteiger partial charge in [-0.05, 0) is 62.8 Å². The Kier molecular flexibility index (Phi) is 6.17. The van der Waals surface area contributed by atoms with E-state index in [-0.39, 0.29) is 11.8 Å². The van der Waals surface area contributed by atoms with E-state index in [1.807, 2.05) is 30.6 Å². The second kappa shape index (κ2) is 9.89. The fourth-order valence-electron chi connectivity index (χ4n) is 8.60. The Morgan fingerprint density at radius 3 is 2.56 bits per heavy atom. The predicted molar refractivity (Wildman–Crippen MR) is 171 cm³/mol. The molecule has 8 rings (SSSR count). The Morgan fingerprint density at radius 2 is 1.81 bits per heavy atom. The number of aromatic amines is 1. The summed E-state index contributed by atoms with van der Waals surface area (Å²) in [5.74, 6) is 1.46. The summed E-state index contributed by atoms with van der Waals surface area (Å²) in [5, 5.41) is 13.8. The number of phenols is 1. The highest BCUT2D eigenvalue weighted by Gasteiger charge is 2.53. The lowest BCUT2D eigenvalue weighted by molar-refractivity contribution is -0.0304. The van der Waals surface area contributed by atoms with E-state index in [9.17, 15) is 5.11 Å². The lowest BCUT2D eigenvalue weighted by Gasteiger charge is -2.57. The first-order valence-electron chi connectivity index (χ1n) is 15.9. The van der Waals surface area contributed by atoms with E-state index in [1.54, 1.807) is 12.1 Å². The lowest BCUT2D eigenvalue weighted by atomic mass is 9.61. The molecule has 7 N–H and O–H groups in total. The van der Waals surface area contributed by atoms with Crippen molar-refractivity contribution in [1.82, 2.24) is 25.2 Å². The van der Waals surface area contributed by atoms with Crippen LogP contribution in [-0.4, -0.2) is 76.8 Å². The molecule has 3 aromatic rings. The van der Waals surface area contributed by atoms with Gasteiger partial charge in [0, 0.05) is 85.2 Å². The zero-order chi connectivity index (χ0) is 29.3. The van der Waals surface area contributed by atoms with Gasteiger partial charge in [0.1, 0.15) is 11.6 Å². The average molecular weight is 582 g/mol. The molecule has 226 valence electrons. The van der Waals surface area contributed by atoms with Crippen molar-refractivity contribution in [1.29, 1.82) is 0 Å². The maximum absolute atomic E-state index is 10.3. The summed E-state index contributed by atoms with van der Waals surface area (Å²) in [5.41, 5.74) is 19.2. The van der Waals surface area contributed by atoms with E-state index in [4.69, 9.17) is 21.4 Å². The number of aromatic nitrogens is 3. The van der Waals surface area contributed by atoms with Crippen LogP contribution in [0.3, 0.4) is 0 Å². The van der Waals surface area contributed by atoms with Crippen LogP contribution in [0, 0.1) is 10.8 Å². The minimum atomic E-state index is 0.00691. The second-order valence-electron chi connectivity index (χ2n) is 13.9. The van der Waals surface area contributed by atoms with Gasteiger partial charge in [0.15, 0.2) is 0 Å². The molecule has 43 heavy (non-hydrogen) atoms. The van der Waals surface area contributed by atoms with E-state index in [1.165, 1.54) is 51.9 Å². The van der Waals surface area contributed by atoms with Crippen molar-refractivity contribution in [2.45, 2.75) is 51.1 Å². The molecule has 1 aromatic carbocycles. The van der Waals surface area contributed by atoms with Crippen molar-refractivity contribution in [2.75, 3.05) is 61.3 Å². The fourth-order valence-corrected chi connectivity index (χ4v) is 8.60. The third kappa shape index (κ3) is 4.45. The number of hydrogen-bond acceptors (Lipinski definition) is 9. The minimum Gasteiger partial charge on any atom is -0.507 e. The summed E-state index contributed by atoms with van der Waals surface area (Å²) in [6.45, 7) is 10.1. The molecular weight excluding hydrogens is 538 g/mol. The Balaban J connectivity index is 0.956. The third-order valence-corrected chi connectivity index (χ3v) is 11.2. The number of rotatable bonds is 5. The van der Waals surface area contributed by atoms with Gasteiger partial charge >= 0.3 is 0 Å². The maximum Gasteiger partial charge on any atom is 0.225 e. The maximum atomic E-state index is 10.3. The largest absolute Gasteiger partial charge is 0.507 e. The molecule has 4 fully saturated rings. The summed E-state index contributed by atoms with van der Waals surface area (Å²) < 4.78 is 0. The van der Waals surface area contributed by atoms with Gasteiger partial charge in [0.25, 0.3) is 0 Å². The molecule has 1 saturated carbocycles. The van der Waals surface area contributed by atoms with E-state index in [0.29, 0.717) is 27.9 Å². The minimum absolute atomic E-state index is 0.00691. The second-order valence-corrected chi connectivity index (χ2v) is 13.9. The standard InChI is InChI=1S/C33H43N9O/c1-21-29-25(12-26(34)24-4-2-3-5-28(24)43)30(35)39-27(29)6-9-42(21)31-37-15-23(16-38-31)41-11-8-32(20-41)7-10-40(19-32)22-13-33(14-22)17-36-18-33/h2-5,12,15-16,21-22,36,39,43H,6-11,13-14,17-20,34-35H2,1H3/b26-12-. The monoisotopic (exact) mass is 581 g/mol. The number of benzene rings is 1. The summed E-state index contributed by atoms with van der Waals surface area (Å²) in [4.78, 5) is 20.7. The molecular formula is C33H43N9O. The van der Waals surface area contributed by atoms with Crippen molar-refractivity contribution in [3.05, 3.63) is 59.0 Å². The first-order valence-corrected chi connectivity index (χ1v) is 15.9. The zero-order valence-corrected chi connectivity index (χ0v) is 25.0. The summed E-state index contributed by atoms with van der Waals surface area (Å²) >= 11 is 0. The molecule has 2 atom stereocenters. The first-order chi connectivity index (χ1) is 20.8. The number of nitrogen functional groups attached to an aromatic ring is 1. The van der Waals surface area contributed by atoms with Crippen LogP contribution < -0.4 is 26.6 Å². The molecule has 1 aliphatic carbocycles. The molecule has 0 bridgehead atoms. The van der Waals surface area contributed by atoms with Gasteiger partial charge in [-0.2, -0.15) is 0 Å². The SMILES string of the molecule is CC1c2c([nH]c(N)c2/C=C(\N)c2ccccc2O)CCN1c1ncc(N2CCC3(CCN(C4CC5(CNC5)C4)C3)C2)cn1. The van der Waals surface area contributed by atoms with Gasteiger partial charge in [0.2, 0.25) is 5.95 Å². The molecule has 4 aliphatic heterocycles. The van der Waals surface area contributed by atoms with Gasteiger partial charge < -0.3 is 36.7 Å². The highest BCUT2D eigenvalue weighted by molar-refractivity contribution is 5.86. The number of aromatic hydroxyl groups is 1. The molecule has 10 nitrogen and oxygen atoms in total. The summed E-state index contributed by atoms with van der Waals surface area (Å²) in [7, 11) is 0. The molecule has 10 heteroatoms. The van der Waals surface area contributed by atoms with E-state index < -0.39 is 0 Å². The predicted octanol–water partition coefficient (Wildman–Crippen LogP) is 3.33. The lowest BCUT2D eigenvalue weighted by Crippen LogP contribution is -2.65. The molecule has 0 radical (unpaired) electrons. The third-order valence-electron chi connectivity index (χ3n) is 11.2. The van der Waals surface area contributed by atoms with Crippen LogP contribution >= 0.6 is 0 Å². The number of nitrogens with one attached hydrogen (secondary N) is 2. The molecule has 5 aliphatic rings. The van der Waals surface area contributed by atoms with Crippen LogP contribution in [0.15, 0.2) is 36.7 Å². The Hall–Kier alpha value is -3.76.